The number of carbonyl (C=O) groups is 1. The molecule has 1 aromatic rings. The zero-order chi connectivity index (χ0) is 17.4. The maximum atomic E-state index is 11.5. The molecule has 0 fully saturated rings. The summed E-state index contributed by atoms with van der Waals surface area (Å²) in [5.41, 5.74) is 2.37. The molecule has 0 bridgehead atoms. The van der Waals surface area contributed by atoms with E-state index in [4.69, 9.17) is 4.74 Å². The Hall–Kier alpha value is -1.81. The topological polar surface area (TPSA) is 55.8 Å². The Labute approximate surface area is 139 Å². The Morgan fingerprint density at radius 1 is 1.35 bits per heavy atom. The molecule has 0 aliphatic carbocycles. The van der Waals surface area contributed by atoms with E-state index in [2.05, 4.69) is 11.7 Å². The summed E-state index contributed by atoms with van der Waals surface area (Å²) in [6, 6.07) is 5.64. The molecule has 0 spiro atoms. The van der Waals surface area contributed by atoms with E-state index >= 15 is 0 Å². The van der Waals surface area contributed by atoms with Crippen molar-refractivity contribution in [3.63, 3.8) is 0 Å². The molecule has 23 heavy (non-hydrogen) atoms. The highest BCUT2D eigenvalue weighted by atomic mass is 16.5. The van der Waals surface area contributed by atoms with Crippen LogP contribution in [0.4, 0.5) is 0 Å². The predicted molar refractivity (Wildman–Crippen MR) is 91.5 cm³/mol. The van der Waals surface area contributed by atoms with Gasteiger partial charge in [-0.25, -0.2) is 4.79 Å². The van der Waals surface area contributed by atoms with Crippen molar-refractivity contribution < 1.29 is 19.4 Å². The van der Waals surface area contributed by atoms with Gasteiger partial charge in [0.2, 0.25) is 0 Å². The van der Waals surface area contributed by atoms with Gasteiger partial charge in [-0.2, -0.15) is 0 Å². The molecule has 1 N–H and O–H groups in total. The molecule has 0 aliphatic heterocycles. The first-order valence-corrected chi connectivity index (χ1v) is 8.11. The molecule has 4 nitrogen and oxygen atoms in total. The normalized spacial score (nSPS) is 13.1. The molecule has 1 unspecified atom stereocenters. The van der Waals surface area contributed by atoms with Crippen molar-refractivity contribution in [2.45, 2.75) is 46.6 Å². The molecule has 1 atom stereocenters. The zero-order valence-corrected chi connectivity index (χ0v) is 14.8. The van der Waals surface area contributed by atoms with Crippen LogP contribution >= 0.6 is 0 Å². The van der Waals surface area contributed by atoms with Crippen LogP contribution in [0.15, 0.2) is 29.8 Å². The number of methoxy groups -OCH3 is 1. The van der Waals surface area contributed by atoms with Crippen molar-refractivity contribution in [2.75, 3.05) is 13.7 Å². The Morgan fingerprint density at radius 2 is 2.04 bits per heavy atom. The fraction of sp³-hybridized carbons (Fsp3) is 0.526. The van der Waals surface area contributed by atoms with Crippen molar-refractivity contribution >= 4 is 5.97 Å². The molecule has 0 amide bonds. The number of aliphatic hydroxyl groups excluding tert-OH is 1. The van der Waals surface area contributed by atoms with E-state index in [1.807, 2.05) is 39.0 Å². The molecule has 0 heterocycles. The van der Waals surface area contributed by atoms with Gasteiger partial charge in [-0.3, -0.25) is 0 Å². The summed E-state index contributed by atoms with van der Waals surface area (Å²) >= 11 is 0. The molecule has 0 radical (unpaired) electrons. The van der Waals surface area contributed by atoms with Gasteiger partial charge >= 0.3 is 5.97 Å². The summed E-state index contributed by atoms with van der Waals surface area (Å²) in [7, 11) is 1.33. The fourth-order valence-electron chi connectivity index (χ4n) is 2.22. The van der Waals surface area contributed by atoms with E-state index in [9.17, 15) is 9.90 Å². The number of aryl methyl sites for hydroxylation is 1. The maximum Gasteiger partial charge on any atom is 0.330 e. The number of carbonyl (C=O) groups excluding carboxylic acids is 1. The number of rotatable bonds is 8. The average molecular weight is 320 g/mol. The monoisotopic (exact) mass is 320 g/mol. The molecule has 0 saturated carbocycles. The van der Waals surface area contributed by atoms with Gasteiger partial charge in [-0.15, -0.1) is 0 Å². The first kappa shape index (κ1) is 19.2. The van der Waals surface area contributed by atoms with Crippen LogP contribution < -0.4 is 4.74 Å². The van der Waals surface area contributed by atoms with Gasteiger partial charge in [0, 0.05) is 6.08 Å². The van der Waals surface area contributed by atoms with E-state index in [1.165, 1.54) is 13.2 Å². The lowest BCUT2D eigenvalue weighted by molar-refractivity contribution is -0.135. The van der Waals surface area contributed by atoms with E-state index in [0.29, 0.717) is 17.7 Å². The highest BCUT2D eigenvalue weighted by Gasteiger charge is 2.19. The van der Waals surface area contributed by atoms with Gasteiger partial charge in [0.25, 0.3) is 0 Å². The van der Waals surface area contributed by atoms with Gasteiger partial charge in [0.15, 0.2) is 0 Å². The number of hydrogen-bond donors (Lipinski definition) is 1. The largest absolute Gasteiger partial charge is 0.493 e. The maximum absolute atomic E-state index is 11.5. The zero-order valence-electron chi connectivity index (χ0n) is 14.8. The molecule has 1 rings (SSSR count). The Balaban J connectivity index is 3.05. The second-order valence-electron chi connectivity index (χ2n) is 5.95. The Morgan fingerprint density at radius 3 is 2.61 bits per heavy atom. The van der Waals surface area contributed by atoms with Crippen LogP contribution in [0.25, 0.3) is 0 Å². The van der Waals surface area contributed by atoms with Gasteiger partial charge in [-0.05, 0) is 42.0 Å². The Bertz CT molecular complexity index is 546. The molecule has 0 aromatic heterocycles. The van der Waals surface area contributed by atoms with Crippen molar-refractivity contribution in [3.8, 4) is 5.75 Å². The molecule has 128 valence electrons. The molecule has 1 aromatic carbocycles. The number of ether oxygens (including phenoxy) is 2. The summed E-state index contributed by atoms with van der Waals surface area (Å²) < 4.78 is 10.5. The third kappa shape index (κ3) is 5.71. The van der Waals surface area contributed by atoms with Crippen LogP contribution in [0.5, 0.6) is 5.75 Å². The molecule has 0 saturated heterocycles. The summed E-state index contributed by atoms with van der Waals surface area (Å²) in [5, 5.41) is 10.7. The Kier molecular flexibility index (Phi) is 7.83. The lowest BCUT2D eigenvalue weighted by atomic mass is 9.92. The van der Waals surface area contributed by atoms with Crippen LogP contribution in [-0.2, 0) is 9.53 Å². The number of hydrogen-bond acceptors (Lipinski definition) is 4. The minimum atomic E-state index is -0.858. The second kappa shape index (κ2) is 9.36. The first-order chi connectivity index (χ1) is 10.9. The van der Waals surface area contributed by atoms with Crippen molar-refractivity contribution in [3.05, 3.63) is 41.0 Å². The van der Waals surface area contributed by atoms with E-state index < -0.39 is 12.1 Å². The van der Waals surface area contributed by atoms with Crippen LogP contribution in [0.3, 0.4) is 0 Å². The minimum Gasteiger partial charge on any atom is -0.493 e. The second-order valence-corrected chi connectivity index (χ2v) is 5.95. The van der Waals surface area contributed by atoms with Crippen molar-refractivity contribution in [1.29, 1.82) is 0 Å². The lowest BCUT2D eigenvalue weighted by Gasteiger charge is -2.20. The van der Waals surface area contributed by atoms with Crippen LogP contribution in [0.2, 0.25) is 0 Å². The summed E-state index contributed by atoms with van der Waals surface area (Å²) in [5.74, 6) is 0.338. The summed E-state index contributed by atoms with van der Waals surface area (Å²) in [6.45, 7) is 8.62. The van der Waals surface area contributed by atoms with E-state index in [-0.39, 0.29) is 5.92 Å². The number of benzene rings is 1. The minimum absolute atomic E-state index is 0.0230. The van der Waals surface area contributed by atoms with Gasteiger partial charge in [0.1, 0.15) is 11.9 Å². The summed E-state index contributed by atoms with van der Waals surface area (Å²) in [4.78, 5) is 11.5. The molecule has 0 aliphatic rings. The quantitative estimate of drug-likeness (QED) is 0.447. The average Bonchev–Trinajstić information content (AvgIpc) is 2.53. The van der Waals surface area contributed by atoms with E-state index in [0.717, 1.165) is 24.2 Å². The van der Waals surface area contributed by atoms with Crippen LogP contribution in [0, 0.1) is 12.8 Å². The lowest BCUT2D eigenvalue weighted by Crippen LogP contribution is -2.11. The number of esters is 1. The highest BCUT2D eigenvalue weighted by Crippen LogP contribution is 2.31. The number of unbranched alkanes of at least 4 members (excludes halogenated alkanes) is 1. The van der Waals surface area contributed by atoms with Crippen LogP contribution in [0.1, 0.15) is 50.8 Å². The smallest absolute Gasteiger partial charge is 0.330 e. The van der Waals surface area contributed by atoms with Gasteiger partial charge in [0.05, 0.1) is 13.7 Å². The van der Waals surface area contributed by atoms with Gasteiger partial charge in [-0.1, -0.05) is 39.3 Å². The third-order valence-electron chi connectivity index (χ3n) is 3.75. The standard InChI is InChI=1S/C19H28O4/c1-6-7-10-23-17-11-15(9-8-14(17)4)19(21)16(13(2)3)12-18(20)22-5/h8-9,11-13,19,21H,6-7,10H2,1-5H3/b16-12+. The molecular formula is C19H28O4. The first-order valence-electron chi connectivity index (χ1n) is 8.11. The highest BCUT2D eigenvalue weighted by molar-refractivity contribution is 5.83. The van der Waals surface area contributed by atoms with Gasteiger partial charge < -0.3 is 14.6 Å². The number of aliphatic hydroxyl groups is 1. The molecular weight excluding hydrogens is 292 g/mol. The third-order valence-corrected chi connectivity index (χ3v) is 3.75. The fourth-order valence-corrected chi connectivity index (χ4v) is 2.22. The van der Waals surface area contributed by atoms with Crippen LogP contribution in [-0.4, -0.2) is 24.8 Å². The predicted octanol–water partition coefficient (Wildman–Crippen LogP) is 3.96. The van der Waals surface area contributed by atoms with Crippen molar-refractivity contribution in [1.82, 2.24) is 0 Å². The summed E-state index contributed by atoms with van der Waals surface area (Å²) in [6.07, 6.45) is 2.57. The molecule has 4 heteroatoms. The SMILES string of the molecule is CCCCOc1cc(C(O)/C(=C/C(=O)OC)C(C)C)ccc1C. The van der Waals surface area contributed by atoms with E-state index in [1.54, 1.807) is 0 Å². The van der Waals surface area contributed by atoms with Crippen molar-refractivity contribution in [2.24, 2.45) is 5.92 Å².